The van der Waals surface area contributed by atoms with Crippen LogP contribution >= 0.6 is 11.3 Å². The summed E-state index contributed by atoms with van der Waals surface area (Å²) in [5.41, 5.74) is 0. The van der Waals surface area contributed by atoms with Gasteiger partial charge in [0.15, 0.2) is 0 Å². The average Bonchev–Trinajstić information content (AvgIpc) is 2.69. The van der Waals surface area contributed by atoms with Gasteiger partial charge in [-0.1, -0.05) is 13.0 Å². The number of carbonyl (C=O) groups excluding carboxylic acids is 1. The van der Waals surface area contributed by atoms with Crippen LogP contribution in [0.15, 0.2) is 17.5 Å². The van der Waals surface area contributed by atoms with E-state index in [4.69, 9.17) is 5.11 Å². The molecule has 0 saturated carbocycles. The molecular formula is C11H15NO3S. The predicted molar refractivity (Wildman–Crippen MR) is 62.2 cm³/mol. The number of aliphatic carboxylic acids is 1. The molecule has 0 fully saturated rings. The van der Waals surface area contributed by atoms with Crippen LogP contribution in [0.5, 0.6) is 0 Å². The summed E-state index contributed by atoms with van der Waals surface area (Å²) in [6.45, 7) is 2.09. The quantitative estimate of drug-likeness (QED) is 0.855. The molecule has 1 atom stereocenters. The lowest BCUT2D eigenvalue weighted by atomic mass is 10.1. The van der Waals surface area contributed by atoms with Crippen LogP contribution in [-0.4, -0.2) is 28.9 Å². The lowest BCUT2D eigenvalue weighted by Gasteiger charge is -2.17. The molecule has 0 aliphatic carbocycles. The fraction of sp³-hybridized carbons (Fsp3) is 0.455. The van der Waals surface area contributed by atoms with Gasteiger partial charge in [-0.25, -0.2) is 0 Å². The lowest BCUT2D eigenvalue weighted by Crippen LogP contribution is -2.28. The summed E-state index contributed by atoms with van der Waals surface area (Å²) in [7, 11) is 1.69. The van der Waals surface area contributed by atoms with E-state index in [1.54, 1.807) is 30.2 Å². The number of amides is 1. The van der Waals surface area contributed by atoms with Crippen LogP contribution in [0.4, 0.5) is 0 Å². The molecule has 1 aromatic rings. The van der Waals surface area contributed by atoms with Crippen LogP contribution in [0.2, 0.25) is 0 Å². The number of carboxylic acids is 1. The first-order chi connectivity index (χ1) is 7.50. The van der Waals surface area contributed by atoms with Crippen LogP contribution in [0, 0.1) is 5.92 Å². The summed E-state index contributed by atoms with van der Waals surface area (Å²) in [4.78, 5) is 24.9. The van der Waals surface area contributed by atoms with E-state index in [1.807, 2.05) is 17.5 Å². The van der Waals surface area contributed by atoms with Crippen molar-refractivity contribution in [2.75, 3.05) is 7.05 Å². The highest BCUT2D eigenvalue weighted by atomic mass is 32.1. The fourth-order valence-corrected chi connectivity index (χ4v) is 1.99. The largest absolute Gasteiger partial charge is 0.481 e. The van der Waals surface area contributed by atoms with Crippen molar-refractivity contribution in [3.63, 3.8) is 0 Å². The van der Waals surface area contributed by atoms with E-state index in [0.29, 0.717) is 6.54 Å². The van der Waals surface area contributed by atoms with Gasteiger partial charge >= 0.3 is 5.97 Å². The molecule has 1 aromatic heterocycles. The highest BCUT2D eigenvalue weighted by Gasteiger charge is 2.18. The summed E-state index contributed by atoms with van der Waals surface area (Å²) in [6.07, 6.45) is 0.0528. The molecule has 1 N–H and O–H groups in total. The van der Waals surface area contributed by atoms with Crippen LogP contribution in [0.3, 0.4) is 0 Å². The van der Waals surface area contributed by atoms with E-state index < -0.39 is 11.9 Å². The average molecular weight is 241 g/mol. The number of thiophene rings is 1. The van der Waals surface area contributed by atoms with Gasteiger partial charge in [0.25, 0.3) is 0 Å². The third-order valence-corrected chi connectivity index (χ3v) is 3.16. The first kappa shape index (κ1) is 12.7. The van der Waals surface area contributed by atoms with Crippen molar-refractivity contribution in [2.45, 2.75) is 19.9 Å². The normalized spacial score (nSPS) is 12.1. The number of hydrogen-bond acceptors (Lipinski definition) is 3. The van der Waals surface area contributed by atoms with Gasteiger partial charge in [0, 0.05) is 18.3 Å². The maximum atomic E-state index is 11.7. The molecule has 1 amide bonds. The Hall–Kier alpha value is -1.36. The number of carbonyl (C=O) groups is 2. The Labute approximate surface area is 98.5 Å². The van der Waals surface area contributed by atoms with Gasteiger partial charge in [-0.05, 0) is 11.4 Å². The molecule has 4 nitrogen and oxygen atoms in total. The summed E-state index contributed by atoms with van der Waals surface area (Å²) >= 11 is 1.58. The molecule has 0 radical (unpaired) electrons. The Morgan fingerprint density at radius 1 is 1.56 bits per heavy atom. The molecule has 1 heterocycles. The molecule has 0 bridgehead atoms. The molecule has 1 unspecified atom stereocenters. The Morgan fingerprint density at radius 2 is 2.25 bits per heavy atom. The van der Waals surface area contributed by atoms with Crippen molar-refractivity contribution in [3.05, 3.63) is 22.4 Å². The molecule has 0 aliphatic heterocycles. The van der Waals surface area contributed by atoms with Crippen molar-refractivity contribution < 1.29 is 14.7 Å². The van der Waals surface area contributed by atoms with E-state index in [2.05, 4.69) is 0 Å². The Bertz CT molecular complexity index is 361. The maximum Gasteiger partial charge on any atom is 0.306 e. The molecule has 0 saturated heterocycles. The summed E-state index contributed by atoms with van der Waals surface area (Å²) in [5.74, 6) is -1.69. The van der Waals surface area contributed by atoms with Crippen molar-refractivity contribution >= 4 is 23.2 Å². The zero-order valence-corrected chi connectivity index (χ0v) is 10.2. The second-order valence-electron chi connectivity index (χ2n) is 3.77. The summed E-state index contributed by atoms with van der Waals surface area (Å²) in [5, 5.41) is 10.7. The molecule has 0 aromatic carbocycles. The maximum absolute atomic E-state index is 11.7. The molecule has 0 spiro atoms. The van der Waals surface area contributed by atoms with Gasteiger partial charge in [-0.15, -0.1) is 11.3 Å². The number of hydrogen-bond donors (Lipinski definition) is 1. The smallest absolute Gasteiger partial charge is 0.306 e. The molecule has 16 heavy (non-hydrogen) atoms. The van der Waals surface area contributed by atoms with Crippen molar-refractivity contribution in [1.29, 1.82) is 0 Å². The molecule has 1 rings (SSSR count). The van der Waals surface area contributed by atoms with Crippen LogP contribution < -0.4 is 0 Å². The van der Waals surface area contributed by atoms with Crippen molar-refractivity contribution in [3.8, 4) is 0 Å². The Kier molecular flexibility index (Phi) is 4.49. The van der Waals surface area contributed by atoms with Gasteiger partial charge in [0.2, 0.25) is 5.91 Å². The monoisotopic (exact) mass is 241 g/mol. The van der Waals surface area contributed by atoms with Gasteiger partial charge < -0.3 is 10.0 Å². The minimum Gasteiger partial charge on any atom is -0.481 e. The molecular weight excluding hydrogens is 226 g/mol. The van der Waals surface area contributed by atoms with Gasteiger partial charge in [0.05, 0.1) is 12.5 Å². The SMILES string of the molecule is CC(CC(=O)N(C)Cc1cccs1)C(=O)O. The Morgan fingerprint density at radius 3 is 2.75 bits per heavy atom. The number of nitrogens with zero attached hydrogens (tertiary/aromatic N) is 1. The third-order valence-electron chi connectivity index (χ3n) is 2.30. The van der Waals surface area contributed by atoms with Crippen LogP contribution in [-0.2, 0) is 16.1 Å². The Balaban J connectivity index is 2.45. The van der Waals surface area contributed by atoms with Crippen molar-refractivity contribution in [1.82, 2.24) is 4.90 Å². The zero-order valence-electron chi connectivity index (χ0n) is 9.34. The van der Waals surface area contributed by atoms with E-state index in [1.165, 1.54) is 0 Å². The zero-order chi connectivity index (χ0) is 12.1. The second kappa shape index (κ2) is 5.65. The lowest BCUT2D eigenvalue weighted by molar-refractivity contribution is -0.145. The fourth-order valence-electron chi connectivity index (χ4n) is 1.23. The molecule has 5 heteroatoms. The first-order valence-corrected chi connectivity index (χ1v) is 5.88. The number of rotatable bonds is 5. The van der Waals surface area contributed by atoms with E-state index >= 15 is 0 Å². The van der Waals surface area contributed by atoms with Gasteiger partial charge in [-0.2, -0.15) is 0 Å². The molecule has 88 valence electrons. The van der Waals surface area contributed by atoms with Crippen LogP contribution in [0.25, 0.3) is 0 Å². The van der Waals surface area contributed by atoms with E-state index in [9.17, 15) is 9.59 Å². The highest BCUT2D eigenvalue weighted by Crippen LogP contribution is 2.12. The minimum absolute atomic E-state index is 0.0528. The standard InChI is InChI=1S/C11H15NO3S/c1-8(11(14)15)6-10(13)12(2)7-9-4-3-5-16-9/h3-5,8H,6-7H2,1-2H3,(H,14,15). The van der Waals surface area contributed by atoms with Gasteiger partial charge in [-0.3, -0.25) is 9.59 Å². The molecule has 0 aliphatic rings. The third kappa shape index (κ3) is 3.66. The summed E-state index contributed by atoms with van der Waals surface area (Å²) < 4.78 is 0. The first-order valence-electron chi connectivity index (χ1n) is 5.00. The summed E-state index contributed by atoms with van der Waals surface area (Å²) in [6, 6.07) is 3.88. The predicted octanol–water partition coefficient (Wildman–Crippen LogP) is 1.82. The van der Waals surface area contributed by atoms with Crippen molar-refractivity contribution in [2.24, 2.45) is 5.92 Å². The van der Waals surface area contributed by atoms with E-state index in [0.717, 1.165) is 4.88 Å². The second-order valence-corrected chi connectivity index (χ2v) is 4.80. The van der Waals surface area contributed by atoms with E-state index in [-0.39, 0.29) is 12.3 Å². The minimum atomic E-state index is -0.933. The topological polar surface area (TPSA) is 57.6 Å². The highest BCUT2D eigenvalue weighted by molar-refractivity contribution is 7.09. The van der Waals surface area contributed by atoms with Gasteiger partial charge in [0.1, 0.15) is 0 Å². The van der Waals surface area contributed by atoms with Crippen LogP contribution in [0.1, 0.15) is 18.2 Å². The number of carboxylic acid groups (broad SMARTS) is 1.